The van der Waals surface area contributed by atoms with Gasteiger partial charge in [0.2, 0.25) is 5.91 Å². The largest absolute Gasteiger partial charge is 0.396 e. The summed E-state index contributed by atoms with van der Waals surface area (Å²) in [4.78, 5) is 11.0. The van der Waals surface area contributed by atoms with E-state index < -0.39 is 0 Å². The average Bonchev–Trinajstić information content (AvgIpc) is 1.87. The van der Waals surface area contributed by atoms with E-state index in [1.807, 2.05) is 20.8 Å². The van der Waals surface area contributed by atoms with Gasteiger partial charge in [-0.1, -0.05) is 13.8 Å². The van der Waals surface area contributed by atoms with Crippen LogP contribution in [0.15, 0.2) is 0 Å². The number of aliphatic hydroxyl groups excluding tert-OH is 1. The summed E-state index contributed by atoms with van der Waals surface area (Å²) >= 11 is 0. The lowest BCUT2D eigenvalue weighted by Gasteiger charge is -2.13. The summed E-state index contributed by atoms with van der Waals surface area (Å²) in [5.74, 6) is 0.0714. The number of amides is 1. The molecule has 11 heavy (non-hydrogen) atoms. The first-order valence-electron chi connectivity index (χ1n) is 3.99. The van der Waals surface area contributed by atoms with Crippen molar-refractivity contribution in [3.63, 3.8) is 0 Å². The van der Waals surface area contributed by atoms with Gasteiger partial charge in [0.25, 0.3) is 0 Å². The molecule has 1 unspecified atom stereocenters. The summed E-state index contributed by atoms with van der Waals surface area (Å²) in [5, 5.41) is 11.3. The van der Waals surface area contributed by atoms with Crippen LogP contribution in [-0.4, -0.2) is 23.7 Å². The highest BCUT2D eigenvalue weighted by Crippen LogP contribution is 1.94. The topological polar surface area (TPSA) is 49.3 Å². The number of rotatable bonds is 4. The molecular formula is C8H17NO2. The molecule has 0 spiro atoms. The maximum Gasteiger partial charge on any atom is 0.222 e. The first-order chi connectivity index (χ1) is 5.07. The standard InChI is InChI=1S/C8H17NO2/c1-6(2)8(11)9-7(3)4-5-10/h6-7,10H,4-5H2,1-3H3,(H,9,11). The Labute approximate surface area is 67.8 Å². The van der Waals surface area contributed by atoms with E-state index in [4.69, 9.17) is 5.11 Å². The van der Waals surface area contributed by atoms with Crippen LogP contribution < -0.4 is 5.32 Å². The van der Waals surface area contributed by atoms with Crippen LogP contribution in [0, 0.1) is 5.92 Å². The van der Waals surface area contributed by atoms with E-state index in [2.05, 4.69) is 5.32 Å². The predicted molar refractivity (Wildman–Crippen MR) is 44.1 cm³/mol. The van der Waals surface area contributed by atoms with Crippen LogP contribution in [0.2, 0.25) is 0 Å². The lowest BCUT2D eigenvalue weighted by Crippen LogP contribution is -2.35. The minimum Gasteiger partial charge on any atom is -0.396 e. The fourth-order valence-electron chi connectivity index (χ4n) is 0.675. The summed E-state index contributed by atoms with van der Waals surface area (Å²) in [5.41, 5.74) is 0. The molecule has 0 saturated heterocycles. The van der Waals surface area contributed by atoms with Crippen molar-refractivity contribution in [2.45, 2.75) is 33.2 Å². The second-order valence-electron chi connectivity index (χ2n) is 3.08. The Morgan fingerprint density at radius 3 is 2.36 bits per heavy atom. The van der Waals surface area contributed by atoms with Gasteiger partial charge in [0.05, 0.1) is 0 Å². The van der Waals surface area contributed by atoms with Crippen molar-refractivity contribution in [1.29, 1.82) is 0 Å². The highest BCUT2D eigenvalue weighted by atomic mass is 16.3. The van der Waals surface area contributed by atoms with E-state index in [0.717, 1.165) is 0 Å². The summed E-state index contributed by atoms with van der Waals surface area (Å²) in [6, 6.07) is 0.0786. The molecule has 0 aromatic carbocycles. The van der Waals surface area contributed by atoms with Gasteiger partial charge in [-0.2, -0.15) is 0 Å². The highest BCUT2D eigenvalue weighted by Gasteiger charge is 2.09. The lowest BCUT2D eigenvalue weighted by atomic mass is 10.2. The monoisotopic (exact) mass is 159 g/mol. The van der Waals surface area contributed by atoms with Crippen molar-refractivity contribution in [2.24, 2.45) is 5.92 Å². The molecule has 0 aromatic rings. The molecule has 2 N–H and O–H groups in total. The molecule has 0 bridgehead atoms. The van der Waals surface area contributed by atoms with Gasteiger partial charge in [0, 0.05) is 18.6 Å². The maximum atomic E-state index is 11.0. The third-order valence-corrected chi connectivity index (χ3v) is 1.48. The molecule has 0 aliphatic rings. The van der Waals surface area contributed by atoms with Crippen molar-refractivity contribution in [2.75, 3.05) is 6.61 Å². The third-order valence-electron chi connectivity index (χ3n) is 1.48. The molecule has 0 fully saturated rings. The number of nitrogens with one attached hydrogen (secondary N) is 1. The van der Waals surface area contributed by atoms with E-state index >= 15 is 0 Å². The molecule has 1 amide bonds. The Hall–Kier alpha value is -0.570. The average molecular weight is 159 g/mol. The van der Waals surface area contributed by atoms with Crippen molar-refractivity contribution >= 4 is 5.91 Å². The van der Waals surface area contributed by atoms with Crippen LogP contribution in [0.3, 0.4) is 0 Å². The predicted octanol–water partition coefficient (Wildman–Crippen LogP) is 0.529. The van der Waals surface area contributed by atoms with E-state index in [1.54, 1.807) is 0 Å². The van der Waals surface area contributed by atoms with Crippen LogP contribution in [-0.2, 0) is 4.79 Å². The lowest BCUT2D eigenvalue weighted by molar-refractivity contribution is -0.124. The Morgan fingerprint density at radius 2 is 2.00 bits per heavy atom. The Kier molecular flexibility index (Phi) is 4.86. The SMILES string of the molecule is CC(CCO)NC(=O)C(C)C. The van der Waals surface area contributed by atoms with E-state index in [1.165, 1.54) is 0 Å². The number of aliphatic hydroxyl groups is 1. The third kappa shape index (κ3) is 4.79. The van der Waals surface area contributed by atoms with E-state index in [-0.39, 0.29) is 24.5 Å². The zero-order valence-corrected chi connectivity index (χ0v) is 7.42. The first kappa shape index (κ1) is 10.4. The molecule has 66 valence electrons. The molecule has 0 heterocycles. The quantitative estimate of drug-likeness (QED) is 0.628. The van der Waals surface area contributed by atoms with Crippen molar-refractivity contribution in [3.05, 3.63) is 0 Å². The van der Waals surface area contributed by atoms with Crippen LogP contribution in [0.25, 0.3) is 0 Å². The molecule has 3 heteroatoms. The molecular weight excluding hydrogens is 142 g/mol. The van der Waals surface area contributed by atoms with Crippen LogP contribution in [0.1, 0.15) is 27.2 Å². The fraction of sp³-hybridized carbons (Fsp3) is 0.875. The second kappa shape index (κ2) is 5.13. The zero-order valence-electron chi connectivity index (χ0n) is 7.42. The molecule has 0 aliphatic carbocycles. The summed E-state index contributed by atoms with van der Waals surface area (Å²) in [6.07, 6.45) is 0.623. The molecule has 0 saturated carbocycles. The smallest absolute Gasteiger partial charge is 0.222 e. The molecule has 0 radical (unpaired) electrons. The number of carbonyl (C=O) groups is 1. The van der Waals surface area contributed by atoms with Gasteiger partial charge in [-0.25, -0.2) is 0 Å². The van der Waals surface area contributed by atoms with Crippen molar-refractivity contribution in [1.82, 2.24) is 5.32 Å². The minimum atomic E-state index is 0.0242. The number of hydrogen-bond acceptors (Lipinski definition) is 2. The highest BCUT2D eigenvalue weighted by molar-refractivity contribution is 5.78. The summed E-state index contributed by atoms with van der Waals surface area (Å²) in [7, 11) is 0. The fourth-order valence-corrected chi connectivity index (χ4v) is 0.675. The van der Waals surface area contributed by atoms with E-state index in [9.17, 15) is 4.79 Å². The van der Waals surface area contributed by atoms with Gasteiger partial charge in [-0.15, -0.1) is 0 Å². The van der Waals surface area contributed by atoms with Gasteiger partial charge < -0.3 is 10.4 Å². The van der Waals surface area contributed by atoms with Crippen molar-refractivity contribution in [3.8, 4) is 0 Å². The normalized spacial score (nSPS) is 13.2. The van der Waals surface area contributed by atoms with Gasteiger partial charge in [0.15, 0.2) is 0 Å². The van der Waals surface area contributed by atoms with Crippen LogP contribution in [0.4, 0.5) is 0 Å². The Balaban J connectivity index is 3.57. The second-order valence-corrected chi connectivity index (χ2v) is 3.08. The molecule has 1 atom stereocenters. The van der Waals surface area contributed by atoms with Gasteiger partial charge >= 0.3 is 0 Å². The molecule has 0 rings (SSSR count). The number of hydrogen-bond donors (Lipinski definition) is 2. The first-order valence-corrected chi connectivity index (χ1v) is 3.99. The molecule has 3 nitrogen and oxygen atoms in total. The Morgan fingerprint density at radius 1 is 1.45 bits per heavy atom. The molecule has 0 aliphatic heterocycles. The zero-order chi connectivity index (χ0) is 8.85. The maximum absolute atomic E-state index is 11.0. The van der Waals surface area contributed by atoms with Gasteiger partial charge in [-0.3, -0.25) is 4.79 Å². The Bertz CT molecular complexity index is 123. The van der Waals surface area contributed by atoms with Crippen LogP contribution >= 0.6 is 0 Å². The molecule has 0 aromatic heterocycles. The van der Waals surface area contributed by atoms with E-state index in [0.29, 0.717) is 6.42 Å². The van der Waals surface area contributed by atoms with Crippen molar-refractivity contribution < 1.29 is 9.90 Å². The van der Waals surface area contributed by atoms with Gasteiger partial charge in [-0.05, 0) is 13.3 Å². The number of carbonyl (C=O) groups excluding carboxylic acids is 1. The van der Waals surface area contributed by atoms with Crippen LogP contribution in [0.5, 0.6) is 0 Å². The summed E-state index contributed by atoms with van der Waals surface area (Å²) in [6.45, 7) is 5.71. The minimum absolute atomic E-state index is 0.0242. The van der Waals surface area contributed by atoms with Gasteiger partial charge in [0.1, 0.15) is 0 Å². The summed E-state index contributed by atoms with van der Waals surface area (Å²) < 4.78 is 0.